The minimum atomic E-state index is -4.69. The van der Waals surface area contributed by atoms with Crippen LogP contribution in [0.25, 0.3) is 10.8 Å². The van der Waals surface area contributed by atoms with Crippen molar-refractivity contribution < 1.29 is 30.1 Å². The van der Waals surface area contributed by atoms with Gasteiger partial charge in [0.1, 0.15) is 0 Å². The molecule has 0 fully saturated rings. The summed E-state index contributed by atoms with van der Waals surface area (Å²) in [5, 5.41) is 1.46. The molecule has 24 heavy (non-hydrogen) atoms. The third-order valence-corrected chi connectivity index (χ3v) is 4.48. The number of fused-ring (bicyclic) bond motifs is 1. The molecule has 0 aliphatic rings. The van der Waals surface area contributed by atoms with Gasteiger partial charge in [0.15, 0.2) is 0 Å². The van der Waals surface area contributed by atoms with E-state index in [1.807, 2.05) is 25.1 Å². The summed E-state index contributed by atoms with van der Waals surface area (Å²) >= 11 is 0. The van der Waals surface area contributed by atoms with Gasteiger partial charge < -0.3 is 4.18 Å². The van der Waals surface area contributed by atoms with E-state index in [0.717, 1.165) is 10.9 Å². The maximum Gasteiger partial charge on any atom is 0.447 e. The van der Waals surface area contributed by atoms with Gasteiger partial charge in [0.05, 0.1) is 11.4 Å². The second-order valence-electron chi connectivity index (χ2n) is 5.39. The van der Waals surface area contributed by atoms with Crippen LogP contribution in [0, 0.1) is 6.92 Å². The van der Waals surface area contributed by atoms with Crippen LogP contribution in [0.3, 0.4) is 0 Å². The van der Waals surface area contributed by atoms with Crippen LogP contribution in [-0.2, 0) is 26.9 Å². The van der Waals surface area contributed by atoms with Crippen molar-refractivity contribution in [1.29, 1.82) is 0 Å². The van der Waals surface area contributed by atoms with Crippen molar-refractivity contribution in [3.63, 3.8) is 0 Å². The average molecular weight is 375 g/mol. The Labute approximate surface area is 140 Å². The molecule has 0 bridgehead atoms. The van der Waals surface area contributed by atoms with Crippen LogP contribution < -0.4 is 4.18 Å². The fraction of sp³-hybridized carbons (Fsp3) is 0.357. The Morgan fingerprint density at radius 1 is 1.08 bits per heavy atom. The highest BCUT2D eigenvalue weighted by Gasteiger charge is 2.13. The first-order valence-electron chi connectivity index (χ1n) is 7.06. The Balaban J connectivity index is 2.31. The van der Waals surface area contributed by atoms with E-state index in [-0.39, 0.29) is 18.1 Å². The normalized spacial score (nSPS) is 12.5. The molecule has 132 valence electrons. The predicted molar refractivity (Wildman–Crippen MR) is 88.0 cm³/mol. The molecule has 0 radical (unpaired) electrons. The molecule has 0 amide bonds. The van der Waals surface area contributed by atoms with E-state index in [1.165, 1.54) is 6.07 Å². The van der Waals surface area contributed by atoms with Crippen molar-refractivity contribution in [1.82, 2.24) is 4.98 Å². The van der Waals surface area contributed by atoms with Gasteiger partial charge in [-0.2, -0.15) is 16.8 Å². The number of nitrogens with zero attached hydrogens (tertiary/aromatic N) is 1. The van der Waals surface area contributed by atoms with Crippen molar-refractivity contribution in [2.24, 2.45) is 0 Å². The van der Waals surface area contributed by atoms with Gasteiger partial charge in [0.25, 0.3) is 10.1 Å². The quantitative estimate of drug-likeness (QED) is 0.554. The highest BCUT2D eigenvalue weighted by atomic mass is 32.3. The van der Waals surface area contributed by atoms with Crippen LogP contribution in [0.2, 0.25) is 0 Å². The smallest absolute Gasteiger partial charge is 0.341 e. The second kappa shape index (κ2) is 7.01. The van der Waals surface area contributed by atoms with Crippen molar-refractivity contribution in [2.75, 3.05) is 5.75 Å². The Bertz CT molecular complexity index is 952. The second-order valence-corrected chi connectivity index (χ2v) is 7.98. The first kappa shape index (κ1) is 18.6. The van der Waals surface area contributed by atoms with Gasteiger partial charge in [0, 0.05) is 11.5 Å². The SMILES string of the molecule is Cc1ccc2c(CCCCS(=O)(=O)O)nc(OS(=O)(=O)O)cc2c1. The molecular formula is C14H17NO7S2. The van der Waals surface area contributed by atoms with Crippen molar-refractivity contribution in [2.45, 2.75) is 26.2 Å². The molecule has 0 saturated carbocycles. The summed E-state index contributed by atoms with van der Waals surface area (Å²) in [7, 11) is -8.71. The van der Waals surface area contributed by atoms with E-state index in [4.69, 9.17) is 9.11 Å². The summed E-state index contributed by atoms with van der Waals surface area (Å²) < 4.78 is 65.2. The molecule has 1 aromatic heterocycles. The van der Waals surface area contributed by atoms with Crippen molar-refractivity contribution >= 4 is 31.3 Å². The van der Waals surface area contributed by atoms with Gasteiger partial charge in [-0.25, -0.2) is 4.98 Å². The maximum atomic E-state index is 10.9. The number of hydrogen-bond acceptors (Lipinski definition) is 6. The molecule has 2 N–H and O–H groups in total. The Kier molecular flexibility index (Phi) is 5.43. The van der Waals surface area contributed by atoms with E-state index < -0.39 is 20.5 Å². The van der Waals surface area contributed by atoms with E-state index >= 15 is 0 Å². The van der Waals surface area contributed by atoms with E-state index in [1.54, 1.807) is 0 Å². The number of aryl methyl sites for hydroxylation is 2. The largest absolute Gasteiger partial charge is 0.447 e. The molecule has 0 aliphatic heterocycles. The minimum Gasteiger partial charge on any atom is -0.341 e. The number of rotatable bonds is 7. The standard InChI is InChI=1S/C14H17NO7S2/c1-10-5-6-12-11(8-10)9-14(22-24(19,20)21)15-13(12)4-2-3-7-23(16,17)18/h5-6,8-9H,2-4,7H2,1H3,(H,16,17,18)(H,19,20,21). The monoisotopic (exact) mass is 375 g/mol. The van der Waals surface area contributed by atoms with Crippen LogP contribution in [-0.4, -0.2) is 36.7 Å². The molecule has 1 heterocycles. The van der Waals surface area contributed by atoms with Crippen molar-refractivity contribution in [3.05, 3.63) is 35.5 Å². The molecule has 10 heteroatoms. The predicted octanol–water partition coefficient (Wildman–Crippen LogP) is 1.94. The first-order valence-corrected chi connectivity index (χ1v) is 10.0. The third-order valence-electron chi connectivity index (χ3n) is 3.30. The number of pyridine rings is 1. The van der Waals surface area contributed by atoms with Gasteiger partial charge in [-0.05, 0) is 31.6 Å². The van der Waals surface area contributed by atoms with Gasteiger partial charge in [-0.15, -0.1) is 0 Å². The van der Waals surface area contributed by atoms with Gasteiger partial charge in [-0.3, -0.25) is 9.11 Å². The lowest BCUT2D eigenvalue weighted by atomic mass is 10.0. The molecule has 0 atom stereocenters. The van der Waals surface area contributed by atoms with E-state index in [9.17, 15) is 16.8 Å². The van der Waals surface area contributed by atoms with E-state index in [2.05, 4.69) is 9.17 Å². The molecule has 0 spiro atoms. The maximum absolute atomic E-state index is 10.9. The molecule has 2 aromatic rings. The number of hydrogen-bond donors (Lipinski definition) is 2. The van der Waals surface area contributed by atoms with Crippen molar-refractivity contribution in [3.8, 4) is 5.88 Å². The molecule has 8 nitrogen and oxygen atoms in total. The van der Waals surface area contributed by atoms with Crippen LogP contribution in [0.4, 0.5) is 0 Å². The molecule has 2 rings (SSSR count). The van der Waals surface area contributed by atoms with Crippen LogP contribution in [0.15, 0.2) is 24.3 Å². The van der Waals surface area contributed by atoms with Crippen LogP contribution in [0.5, 0.6) is 5.88 Å². The van der Waals surface area contributed by atoms with Gasteiger partial charge in [0.2, 0.25) is 5.88 Å². The zero-order chi connectivity index (χ0) is 18.0. The summed E-state index contributed by atoms with van der Waals surface area (Å²) in [6.07, 6.45) is 1.01. The first-order chi connectivity index (χ1) is 11.0. The number of unbranched alkanes of at least 4 members (excludes halogenated alkanes) is 1. The molecular weight excluding hydrogens is 358 g/mol. The fourth-order valence-electron chi connectivity index (χ4n) is 2.34. The Morgan fingerprint density at radius 2 is 1.79 bits per heavy atom. The summed E-state index contributed by atoms with van der Waals surface area (Å²) in [6.45, 7) is 1.87. The lowest BCUT2D eigenvalue weighted by Crippen LogP contribution is -2.09. The Hall–Kier alpha value is -1.75. The molecule has 0 aliphatic carbocycles. The minimum absolute atomic E-state index is 0.233. The summed E-state index contributed by atoms with van der Waals surface area (Å²) in [6, 6.07) is 6.91. The number of benzene rings is 1. The molecule has 1 aromatic carbocycles. The lowest BCUT2D eigenvalue weighted by molar-refractivity contribution is 0.380. The van der Waals surface area contributed by atoms with Crippen LogP contribution in [0.1, 0.15) is 24.1 Å². The topological polar surface area (TPSA) is 131 Å². The van der Waals surface area contributed by atoms with Gasteiger partial charge >= 0.3 is 10.4 Å². The summed E-state index contributed by atoms with van der Waals surface area (Å²) in [5.74, 6) is -0.619. The third kappa shape index (κ3) is 5.71. The lowest BCUT2D eigenvalue weighted by Gasteiger charge is -2.09. The molecule has 0 unspecified atom stereocenters. The summed E-state index contributed by atoms with van der Waals surface area (Å²) in [4.78, 5) is 4.08. The van der Waals surface area contributed by atoms with Gasteiger partial charge in [-0.1, -0.05) is 23.8 Å². The zero-order valence-corrected chi connectivity index (χ0v) is 14.5. The highest BCUT2D eigenvalue weighted by molar-refractivity contribution is 7.85. The molecule has 0 saturated heterocycles. The Morgan fingerprint density at radius 3 is 2.42 bits per heavy atom. The van der Waals surface area contributed by atoms with Crippen LogP contribution >= 0.6 is 0 Å². The zero-order valence-electron chi connectivity index (χ0n) is 12.8. The highest BCUT2D eigenvalue weighted by Crippen LogP contribution is 2.25. The van der Waals surface area contributed by atoms with E-state index in [0.29, 0.717) is 23.9 Å². The fourth-order valence-corrected chi connectivity index (χ4v) is 3.21. The summed E-state index contributed by atoms with van der Waals surface area (Å²) in [5.41, 5.74) is 1.46. The number of aromatic nitrogens is 1. The average Bonchev–Trinajstić information content (AvgIpc) is 2.40.